The molecular weight excluding hydrogens is 240 g/mol. The molecule has 1 amide bonds. The van der Waals surface area contributed by atoms with Crippen molar-refractivity contribution < 1.29 is 4.79 Å². The van der Waals surface area contributed by atoms with E-state index < -0.39 is 0 Å². The monoisotopic (exact) mass is 258 g/mol. The van der Waals surface area contributed by atoms with E-state index in [-0.39, 0.29) is 5.91 Å². The summed E-state index contributed by atoms with van der Waals surface area (Å²) in [6.45, 7) is 3.90. The van der Waals surface area contributed by atoms with Crippen LogP contribution in [-0.2, 0) is 0 Å². The number of nitrogen functional groups attached to an aromatic ring is 1. The molecule has 100 valence electrons. The van der Waals surface area contributed by atoms with E-state index in [1.807, 2.05) is 4.90 Å². The average Bonchev–Trinajstić information content (AvgIpc) is 2.46. The molecule has 1 aliphatic rings. The van der Waals surface area contributed by atoms with Crippen molar-refractivity contribution in [3.63, 3.8) is 0 Å². The maximum absolute atomic E-state index is 12.2. The van der Waals surface area contributed by atoms with Gasteiger partial charge in [0.1, 0.15) is 0 Å². The zero-order valence-electron chi connectivity index (χ0n) is 10.9. The number of anilines is 1. The summed E-state index contributed by atoms with van der Waals surface area (Å²) in [5.74, 6) is 0.0555. The third kappa shape index (κ3) is 3.46. The first-order valence-corrected chi connectivity index (χ1v) is 6.45. The van der Waals surface area contributed by atoms with Crippen molar-refractivity contribution in [1.29, 1.82) is 5.26 Å². The highest BCUT2D eigenvalue weighted by Crippen LogP contribution is 2.11. The van der Waals surface area contributed by atoms with E-state index >= 15 is 0 Å². The summed E-state index contributed by atoms with van der Waals surface area (Å²) in [6, 6.07) is 9.17. The largest absolute Gasteiger partial charge is 0.399 e. The molecular formula is C14H18N4O. The predicted octanol–water partition coefficient (Wildman–Crippen LogP) is 0.940. The van der Waals surface area contributed by atoms with E-state index in [0.29, 0.717) is 30.8 Å². The van der Waals surface area contributed by atoms with Crippen LogP contribution in [0, 0.1) is 11.3 Å². The fourth-order valence-electron chi connectivity index (χ4n) is 2.19. The van der Waals surface area contributed by atoms with Gasteiger partial charge in [0, 0.05) is 50.4 Å². The number of nitriles is 1. The van der Waals surface area contributed by atoms with E-state index in [4.69, 9.17) is 11.0 Å². The quantitative estimate of drug-likeness (QED) is 0.819. The molecule has 0 bridgehead atoms. The van der Waals surface area contributed by atoms with Crippen molar-refractivity contribution in [2.24, 2.45) is 0 Å². The van der Waals surface area contributed by atoms with Gasteiger partial charge in [0.2, 0.25) is 0 Å². The van der Waals surface area contributed by atoms with Crippen molar-refractivity contribution in [3.8, 4) is 6.07 Å². The molecule has 0 aliphatic carbocycles. The molecule has 5 nitrogen and oxygen atoms in total. The van der Waals surface area contributed by atoms with Crippen LogP contribution in [0.15, 0.2) is 24.3 Å². The summed E-state index contributed by atoms with van der Waals surface area (Å²) in [6.07, 6.45) is 0.548. The highest BCUT2D eigenvalue weighted by atomic mass is 16.2. The van der Waals surface area contributed by atoms with Crippen LogP contribution < -0.4 is 5.73 Å². The lowest BCUT2D eigenvalue weighted by Gasteiger charge is -2.34. The van der Waals surface area contributed by atoms with Gasteiger partial charge in [0.05, 0.1) is 6.07 Å². The second-order valence-electron chi connectivity index (χ2n) is 4.66. The van der Waals surface area contributed by atoms with Gasteiger partial charge in [-0.2, -0.15) is 5.26 Å². The van der Waals surface area contributed by atoms with E-state index in [9.17, 15) is 4.79 Å². The Morgan fingerprint density at radius 1 is 1.21 bits per heavy atom. The van der Waals surface area contributed by atoms with Crippen LogP contribution in [-0.4, -0.2) is 48.4 Å². The van der Waals surface area contributed by atoms with E-state index in [0.717, 1.165) is 19.6 Å². The Bertz CT molecular complexity index is 469. The van der Waals surface area contributed by atoms with Crippen molar-refractivity contribution in [2.45, 2.75) is 6.42 Å². The molecule has 1 aromatic rings. The van der Waals surface area contributed by atoms with Gasteiger partial charge >= 0.3 is 0 Å². The van der Waals surface area contributed by atoms with E-state index in [1.165, 1.54) is 0 Å². The van der Waals surface area contributed by atoms with Gasteiger partial charge in [0.25, 0.3) is 5.91 Å². The van der Waals surface area contributed by atoms with Gasteiger partial charge in [0.15, 0.2) is 0 Å². The van der Waals surface area contributed by atoms with Crippen LogP contribution in [0.5, 0.6) is 0 Å². The molecule has 0 aromatic heterocycles. The maximum Gasteiger partial charge on any atom is 0.253 e. The lowest BCUT2D eigenvalue weighted by atomic mass is 10.1. The van der Waals surface area contributed by atoms with Crippen LogP contribution in [0.3, 0.4) is 0 Å². The summed E-state index contributed by atoms with van der Waals surface area (Å²) in [4.78, 5) is 16.3. The Morgan fingerprint density at radius 2 is 1.84 bits per heavy atom. The summed E-state index contributed by atoms with van der Waals surface area (Å²) >= 11 is 0. The number of piperazine rings is 1. The Labute approximate surface area is 113 Å². The third-order valence-electron chi connectivity index (χ3n) is 3.36. The van der Waals surface area contributed by atoms with Crippen LogP contribution in [0.25, 0.3) is 0 Å². The molecule has 1 aromatic carbocycles. The van der Waals surface area contributed by atoms with Gasteiger partial charge in [-0.05, 0) is 24.3 Å². The number of amides is 1. The fourth-order valence-corrected chi connectivity index (χ4v) is 2.19. The number of carbonyl (C=O) groups is 1. The highest BCUT2D eigenvalue weighted by molar-refractivity contribution is 5.94. The summed E-state index contributed by atoms with van der Waals surface area (Å²) in [5, 5.41) is 8.56. The minimum atomic E-state index is 0.0555. The molecule has 0 spiro atoms. The van der Waals surface area contributed by atoms with Gasteiger partial charge in [-0.3, -0.25) is 9.69 Å². The highest BCUT2D eigenvalue weighted by Gasteiger charge is 2.21. The number of benzene rings is 1. The summed E-state index contributed by atoms with van der Waals surface area (Å²) in [5.41, 5.74) is 6.96. The summed E-state index contributed by atoms with van der Waals surface area (Å²) < 4.78 is 0. The van der Waals surface area contributed by atoms with Crippen LogP contribution >= 0.6 is 0 Å². The smallest absolute Gasteiger partial charge is 0.253 e. The summed E-state index contributed by atoms with van der Waals surface area (Å²) in [7, 11) is 0. The minimum Gasteiger partial charge on any atom is -0.399 e. The number of nitrogens with two attached hydrogens (primary N) is 1. The number of nitrogens with zero attached hydrogens (tertiary/aromatic N) is 3. The van der Waals surface area contributed by atoms with Crippen molar-refractivity contribution >= 4 is 11.6 Å². The molecule has 2 rings (SSSR count). The van der Waals surface area contributed by atoms with Crippen LogP contribution in [0.1, 0.15) is 16.8 Å². The predicted molar refractivity (Wildman–Crippen MR) is 73.4 cm³/mol. The zero-order valence-corrected chi connectivity index (χ0v) is 10.9. The number of hydrogen-bond acceptors (Lipinski definition) is 4. The Balaban J connectivity index is 1.89. The number of carbonyl (C=O) groups excluding carboxylic acids is 1. The van der Waals surface area contributed by atoms with Crippen molar-refractivity contribution in [2.75, 3.05) is 38.5 Å². The normalized spacial score (nSPS) is 16.1. The molecule has 1 fully saturated rings. The standard InChI is InChI=1S/C14H18N4O/c15-6-1-7-17-8-10-18(11-9-17)14(19)12-2-4-13(16)5-3-12/h2-5H,1,7-11,16H2. The van der Waals surface area contributed by atoms with Crippen molar-refractivity contribution in [1.82, 2.24) is 9.80 Å². The second-order valence-corrected chi connectivity index (χ2v) is 4.66. The molecule has 0 atom stereocenters. The molecule has 1 saturated heterocycles. The third-order valence-corrected chi connectivity index (χ3v) is 3.36. The molecule has 2 N–H and O–H groups in total. The van der Waals surface area contributed by atoms with E-state index in [2.05, 4.69) is 11.0 Å². The number of hydrogen-bond donors (Lipinski definition) is 1. The van der Waals surface area contributed by atoms with Gasteiger partial charge in [-0.25, -0.2) is 0 Å². The first kappa shape index (κ1) is 13.4. The Kier molecular flexibility index (Phi) is 4.37. The average molecular weight is 258 g/mol. The lowest BCUT2D eigenvalue weighted by molar-refractivity contribution is 0.0640. The Hall–Kier alpha value is -2.06. The molecule has 0 radical (unpaired) electrons. The molecule has 1 heterocycles. The topological polar surface area (TPSA) is 73.4 Å². The fraction of sp³-hybridized carbons (Fsp3) is 0.429. The van der Waals surface area contributed by atoms with Gasteiger partial charge in [-0.1, -0.05) is 0 Å². The second kappa shape index (κ2) is 6.21. The molecule has 5 heteroatoms. The Morgan fingerprint density at radius 3 is 2.42 bits per heavy atom. The maximum atomic E-state index is 12.2. The lowest BCUT2D eigenvalue weighted by Crippen LogP contribution is -2.48. The molecule has 0 saturated carbocycles. The van der Waals surface area contributed by atoms with Crippen molar-refractivity contribution in [3.05, 3.63) is 29.8 Å². The minimum absolute atomic E-state index is 0.0555. The first-order chi connectivity index (χ1) is 9.20. The molecule has 1 aliphatic heterocycles. The van der Waals surface area contributed by atoms with E-state index in [1.54, 1.807) is 24.3 Å². The molecule has 0 unspecified atom stereocenters. The van der Waals surface area contributed by atoms with Gasteiger partial charge in [-0.15, -0.1) is 0 Å². The van der Waals surface area contributed by atoms with Crippen LogP contribution in [0.4, 0.5) is 5.69 Å². The number of rotatable bonds is 3. The van der Waals surface area contributed by atoms with Crippen LogP contribution in [0.2, 0.25) is 0 Å². The van der Waals surface area contributed by atoms with Gasteiger partial charge < -0.3 is 10.6 Å². The zero-order chi connectivity index (χ0) is 13.7. The first-order valence-electron chi connectivity index (χ1n) is 6.45. The SMILES string of the molecule is N#CCCN1CCN(C(=O)c2ccc(N)cc2)CC1. The molecule has 19 heavy (non-hydrogen) atoms.